The van der Waals surface area contributed by atoms with E-state index < -0.39 is 0 Å². The lowest BCUT2D eigenvalue weighted by molar-refractivity contribution is 0.436. The van der Waals surface area contributed by atoms with E-state index in [1.807, 2.05) is 18.2 Å². The molecule has 1 aromatic heterocycles. The van der Waals surface area contributed by atoms with Crippen molar-refractivity contribution in [2.24, 2.45) is 5.92 Å². The van der Waals surface area contributed by atoms with E-state index in [4.69, 9.17) is 0 Å². The van der Waals surface area contributed by atoms with Crippen LogP contribution in [-0.4, -0.2) is 23.2 Å². The van der Waals surface area contributed by atoms with Gasteiger partial charge in [-0.3, -0.25) is 0 Å². The summed E-state index contributed by atoms with van der Waals surface area (Å²) in [6.07, 6.45) is 2.45. The lowest BCUT2D eigenvalue weighted by atomic mass is 9.99. The number of anilines is 1. The van der Waals surface area contributed by atoms with E-state index in [2.05, 4.69) is 22.9 Å². The quantitative estimate of drug-likeness (QED) is 0.834. The number of fused-ring (bicyclic) bond motifs is 1. The number of nitrogens with zero attached hydrogens (tertiary/aromatic N) is 2. The summed E-state index contributed by atoms with van der Waals surface area (Å²) in [7, 11) is 0. The molecule has 1 aliphatic heterocycles. The summed E-state index contributed by atoms with van der Waals surface area (Å²) in [6, 6.07) is 9.61. The van der Waals surface area contributed by atoms with Crippen LogP contribution in [0.25, 0.3) is 10.9 Å². The summed E-state index contributed by atoms with van der Waals surface area (Å²) in [5, 5.41) is 10.8. The van der Waals surface area contributed by atoms with Crippen LogP contribution in [0.3, 0.4) is 0 Å². The summed E-state index contributed by atoms with van der Waals surface area (Å²) in [5.41, 5.74) is 0.702. The number of pyridine rings is 1. The van der Waals surface area contributed by atoms with Gasteiger partial charge in [-0.15, -0.1) is 0 Å². The van der Waals surface area contributed by atoms with Crippen LogP contribution < -0.4 is 4.90 Å². The van der Waals surface area contributed by atoms with Gasteiger partial charge in [-0.05, 0) is 37.0 Å². The second-order valence-corrected chi connectivity index (χ2v) is 5.19. The van der Waals surface area contributed by atoms with Crippen molar-refractivity contribution >= 4 is 16.7 Å². The molecule has 0 aliphatic carbocycles. The Balaban J connectivity index is 1.95. The van der Waals surface area contributed by atoms with E-state index in [0.717, 1.165) is 30.2 Å². The molecule has 0 unspecified atom stereocenters. The molecule has 0 spiro atoms. The molecule has 0 amide bonds. The van der Waals surface area contributed by atoms with Crippen LogP contribution in [0.2, 0.25) is 0 Å². The smallest absolute Gasteiger partial charge is 0.141 e. The molecule has 1 saturated heterocycles. The number of phenolic OH excluding ortho intramolecular Hbond substituents is 1. The third kappa shape index (κ3) is 2.01. The topological polar surface area (TPSA) is 36.4 Å². The van der Waals surface area contributed by atoms with Crippen LogP contribution in [-0.2, 0) is 0 Å². The van der Waals surface area contributed by atoms with Crippen molar-refractivity contribution in [2.45, 2.75) is 19.8 Å². The van der Waals surface area contributed by atoms with Crippen LogP contribution in [0.15, 0.2) is 30.3 Å². The number of aromatic hydroxyl groups is 1. The molecule has 3 nitrogen and oxygen atoms in total. The molecule has 1 aliphatic rings. The molecule has 3 rings (SSSR count). The maximum Gasteiger partial charge on any atom is 0.141 e. The predicted molar refractivity (Wildman–Crippen MR) is 74.0 cm³/mol. The fourth-order valence-corrected chi connectivity index (χ4v) is 2.53. The van der Waals surface area contributed by atoms with Gasteiger partial charge in [-0.25, -0.2) is 4.98 Å². The van der Waals surface area contributed by atoms with Gasteiger partial charge in [0.05, 0.1) is 0 Å². The highest BCUT2D eigenvalue weighted by Gasteiger charge is 2.17. The number of para-hydroxylation sites is 1. The number of phenols is 1. The van der Waals surface area contributed by atoms with Gasteiger partial charge in [-0.1, -0.05) is 19.1 Å². The second-order valence-electron chi connectivity index (χ2n) is 5.19. The van der Waals surface area contributed by atoms with E-state index in [0.29, 0.717) is 5.52 Å². The van der Waals surface area contributed by atoms with E-state index in [9.17, 15) is 5.11 Å². The van der Waals surface area contributed by atoms with Crippen molar-refractivity contribution < 1.29 is 5.11 Å². The summed E-state index contributed by atoms with van der Waals surface area (Å²) in [5.74, 6) is 2.06. The molecular formula is C15H18N2O. The van der Waals surface area contributed by atoms with Crippen LogP contribution >= 0.6 is 0 Å². The van der Waals surface area contributed by atoms with E-state index in [-0.39, 0.29) is 5.75 Å². The lowest BCUT2D eigenvalue weighted by Gasteiger charge is -2.31. The van der Waals surface area contributed by atoms with Crippen LogP contribution in [0.1, 0.15) is 19.8 Å². The molecule has 18 heavy (non-hydrogen) atoms. The molecule has 0 saturated carbocycles. The van der Waals surface area contributed by atoms with Gasteiger partial charge < -0.3 is 10.0 Å². The van der Waals surface area contributed by atoms with Crippen LogP contribution in [0, 0.1) is 5.92 Å². The zero-order chi connectivity index (χ0) is 12.5. The molecule has 1 fully saturated rings. The first kappa shape index (κ1) is 11.3. The van der Waals surface area contributed by atoms with Gasteiger partial charge >= 0.3 is 0 Å². The first-order valence-corrected chi connectivity index (χ1v) is 6.58. The highest BCUT2D eigenvalue weighted by molar-refractivity contribution is 5.85. The highest BCUT2D eigenvalue weighted by atomic mass is 16.3. The summed E-state index contributed by atoms with van der Waals surface area (Å²) in [4.78, 5) is 6.91. The molecule has 1 N–H and O–H groups in total. The van der Waals surface area contributed by atoms with E-state index in [1.54, 1.807) is 6.07 Å². The largest absolute Gasteiger partial charge is 0.506 e. The molecule has 0 bridgehead atoms. The molecule has 2 aromatic rings. The third-order valence-electron chi connectivity index (χ3n) is 3.79. The second kappa shape index (κ2) is 4.48. The average molecular weight is 242 g/mol. The Hall–Kier alpha value is -1.77. The fraction of sp³-hybridized carbons (Fsp3) is 0.400. The molecule has 1 aromatic carbocycles. The Bertz CT molecular complexity index is 559. The highest BCUT2D eigenvalue weighted by Crippen LogP contribution is 2.27. The standard InChI is InChI=1S/C15H18N2O/c1-11-7-9-17(10-8-11)14-6-5-12-3-2-4-13(18)15(12)16-14/h2-6,11,18H,7-10H2,1H3. The van der Waals surface area contributed by atoms with Gasteiger partial charge in [0.1, 0.15) is 17.1 Å². The molecule has 94 valence electrons. The Morgan fingerprint density at radius 2 is 1.94 bits per heavy atom. The number of aromatic nitrogens is 1. The van der Waals surface area contributed by atoms with Crippen LogP contribution in [0.5, 0.6) is 5.75 Å². The van der Waals surface area contributed by atoms with Gasteiger partial charge in [0.2, 0.25) is 0 Å². The number of benzene rings is 1. The molecule has 2 heterocycles. The van der Waals surface area contributed by atoms with Gasteiger partial charge in [-0.2, -0.15) is 0 Å². The van der Waals surface area contributed by atoms with Crippen molar-refractivity contribution in [2.75, 3.05) is 18.0 Å². The van der Waals surface area contributed by atoms with Crippen molar-refractivity contribution in [3.8, 4) is 5.75 Å². The third-order valence-corrected chi connectivity index (χ3v) is 3.79. The lowest BCUT2D eigenvalue weighted by Crippen LogP contribution is -2.33. The van der Waals surface area contributed by atoms with Crippen molar-refractivity contribution in [3.05, 3.63) is 30.3 Å². The van der Waals surface area contributed by atoms with Crippen LogP contribution in [0.4, 0.5) is 5.82 Å². The predicted octanol–water partition coefficient (Wildman–Crippen LogP) is 3.18. The SMILES string of the molecule is CC1CCN(c2ccc3cccc(O)c3n2)CC1. The summed E-state index contributed by atoms with van der Waals surface area (Å²) >= 11 is 0. The summed E-state index contributed by atoms with van der Waals surface area (Å²) in [6.45, 7) is 4.43. The van der Waals surface area contributed by atoms with Gasteiger partial charge in [0.25, 0.3) is 0 Å². The van der Waals surface area contributed by atoms with Gasteiger partial charge in [0.15, 0.2) is 0 Å². The van der Waals surface area contributed by atoms with E-state index >= 15 is 0 Å². The van der Waals surface area contributed by atoms with Crippen molar-refractivity contribution in [1.29, 1.82) is 0 Å². The normalized spacial score (nSPS) is 17.3. The zero-order valence-electron chi connectivity index (χ0n) is 10.6. The molecule has 0 radical (unpaired) electrons. The number of hydrogen-bond acceptors (Lipinski definition) is 3. The maximum atomic E-state index is 9.86. The Labute approximate surface area is 107 Å². The Morgan fingerprint density at radius 1 is 1.17 bits per heavy atom. The average Bonchev–Trinajstić information content (AvgIpc) is 2.40. The number of piperidine rings is 1. The van der Waals surface area contributed by atoms with Crippen molar-refractivity contribution in [1.82, 2.24) is 4.98 Å². The summed E-state index contributed by atoms with van der Waals surface area (Å²) < 4.78 is 0. The molecule has 3 heteroatoms. The fourth-order valence-electron chi connectivity index (χ4n) is 2.53. The first-order valence-electron chi connectivity index (χ1n) is 6.58. The number of rotatable bonds is 1. The molecular weight excluding hydrogens is 224 g/mol. The Morgan fingerprint density at radius 3 is 2.72 bits per heavy atom. The molecule has 0 atom stereocenters. The zero-order valence-corrected chi connectivity index (χ0v) is 10.6. The maximum absolute atomic E-state index is 9.86. The first-order chi connectivity index (χ1) is 8.74. The Kier molecular flexibility index (Phi) is 2.82. The number of hydrogen-bond donors (Lipinski definition) is 1. The van der Waals surface area contributed by atoms with Gasteiger partial charge in [0, 0.05) is 18.5 Å². The van der Waals surface area contributed by atoms with Crippen molar-refractivity contribution in [3.63, 3.8) is 0 Å². The minimum atomic E-state index is 0.264. The minimum Gasteiger partial charge on any atom is -0.506 e. The van der Waals surface area contributed by atoms with E-state index in [1.165, 1.54) is 12.8 Å². The minimum absolute atomic E-state index is 0.264. The monoisotopic (exact) mass is 242 g/mol.